The van der Waals surface area contributed by atoms with Crippen molar-refractivity contribution in [2.75, 3.05) is 66.5 Å². The molecule has 0 saturated carbocycles. The number of hydrogen-bond donors (Lipinski definition) is 0. The Morgan fingerprint density at radius 1 is 0.438 bits per heavy atom. The van der Waals surface area contributed by atoms with Crippen LogP contribution in [0.25, 0.3) is 43.1 Å². The van der Waals surface area contributed by atoms with Gasteiger partial charge in [-0.15, -0.1) is 0 Å². The van der Waals surface area contributed by atoms with Crippen molar-refractivity contribution in [3.05, 3.63) is 70.8 Å². The fourth-order valence-corrected chi connectivity index (χ4v) is 8.07. The van der Waals surface area contributed by atoms with E-state index in [9.17, 15) is 19.2 Å². The topological polar surface area (TPSA) is 74.8 Å². The predicted octanol–water partition coefficient (Wildman–Crippen LogP) is 6.68. The quantitative estimate of drug-likeness (QED) is 0.0656. The van der Waals surface area contributed by atoms with Crippen molar-refractivity contribution in [1.29, 1.82) is 0 Å². The molecule has 2 aliphatic rings. The highest BCUT2D eigenvalue weighted by Gasteiger charge is 2.37. The second-order valence-electron chi connectivity index (χ2n) is 14.3. The van der Waals surface area contributed by atoms with E-state index in [1.54, 1.807) is 0 Å². The lowest BCUT2D eigenvalue weighted by Gasteiger charge is -2.34. The highest BCUT2D eigenvalue weighted by molar-refractivity contribution is 6.41. The van der Waals surface area contributed by atoms with Crippen LogP contribution in [0.5, 0.6) is 0 Å². The number of carbonyl (C=O) groups is 4. The first-order valence-corrected chi connectivity index (χ1v) is 17.6. The molecular weight excluding hydrogens is 600 g/mol. The predicted molar refractivity (Wildman–Crippen MR) is 192 cm³/mol. The van der Waals surface area contributed by atoms with Gasteiger partial charge < -0.3 is 8.97 Å². The number of rotatable bonds is 12. The minimum Gasteiger partial charge on any atom is -0.326 e. The third-order valence-corrected chi connectivity index (χ3v) is 12.0. The van der Waals surface area contributed by atoms with Gasteiger partial charge in [-0.25, -0.2) is 0 Å². The molecular formula is C40H46N4O4+2. The number of quaternary nitrogens is 2. The molecule has 7 rings (SSSR count). The van der Waals surface area contributed by atoms with Gasteiger partial charge in [0.25, 0.3) is 23.6 Å². The summed E-state index contributed by atoms with van der Waals surface area (Å²) in [5.74, 6) is -0.990. The molecule has 0 fully saturated rings. The Bertz CT molecular complexity index is 1890. The molecule has 2 heterocycles. The van der Waals surface area contributed by atoms with E-state index in [0.29, 0.717) is 46.1 Å². The molecule has 8 nitrogen and oxygen atoms in total. The van der Waals surface area contributed by atoms with Gasteiger partial charge in [-0.1, -0.05) is 24.3 Å². The van der Waals surface area contributed by atoms with Crippen LogP contribution in [0.3, 0.4) is 0 Å². The molecule has 0 unspecified atom stereocenters. The Morgan fingerprint density at radius 3 is 0.958 bits per heavy atom. The molecule has 4 amide bonds. The molecule has 0 bridgehead atoms. The highest BCUT2D eigenvalue weighted by Crippen LogP contribution is 2.46. The van der Waals surface area contributed by atoms with Gasteiger partial charge in [-0.05, 0) is 84.3 Å². The van der Waals surface area contributed by atoms with E-state index in [2.05, 4.69) is 41.8 Å². The monoisotopic (exact) mass is 646 g/mol. The normalized spacial score (nSPS) is 15.4. The summed E-state index contributed by atoms with van der Waals surface area (Å²) in [7, 11) is 4.42. The lowest BCUT2D eigenvalue weighted by Crippen LogP contribution is -2.47. The highest BCUT2D eigenvalue weighted by atomic mass is 16.2. The zero-order valence-corrected chi connectivity index (χ0v) is 29.1. The Hall–Kier alpha value is -4.40. The molecule has 2 aliphatic heterocycles. The number of fused-ring (bicyclic) bond motifs is 2. The summed E-state index contributed by atoms with van der Waals surface area (Å²) in [6, 6.07) is 15.3. The summed E-state index contributed by atoms with van der Waals surface area (Å²) in [5.41, 5.74) is 2.18. The Balaban J connectivity index is 1.31. The van der Waals surface area contributed by atoms with Gasteiger partial charge in [0.15, 0.2) is 0 Å². The van der Waals surface area contributed by atoms with E-state index in [1.807, 2.05) is 48.5 Å². The number of hydrogen-bond acceptors (Lipinski definition) is 4. The molecule has 5 aromatic rings. The van der Waals surface area contributed by atoms with Gasteiger partial charge in [-0.2, -0.15) is 0 Å². The van der Waals surface area contributed by atoms with Gasteiger partial charge in [0.05, 0.1) is 53.4 Å². The van der Waals surface area contributed by atoms with Crippen molar-refractivity contribution in [3.63, 3.8) is 0 Å². The van der Waals surface area contributed by atoms with Gasteiger partial charge in [0.2, 0.25) is 0 Å². The van der Waals surface area contributed by atoms with Crippen LogP contribution < -0.4 is 0 Å². The number of nitrogens with zero attached hydrogens (tertiary/aromatic N) is 4. The molecule has 5 aromatic carbocycles. The zero-order chi connectivity index (χ0) is 34.1. The number of imide groups is 2. The van der Waals surface area contributed by atoms with Crippen molar-refractivity contribution in [3.8, 4) is 0 Å². The Labute approximate surface area is 282 Å². The van der Waals surface area contributed by atoms with Crippen LogP contribution in [-0.4, -0.2) is 109 Å². The van der Waals surface area contributed by atoms with Crippen LogP contribution in [0.15, 0.2) is 48.5 Å². The lowest BCUT2D eigenvalue weighted by atomic mass is 9.82. The van der Waals surface area contributed by atoms with E-state index >= 15 is 0 Å². The van der Waals surface area contributed by atoms with Gasteiger partial charge >= 0.3 is 0 Å². The maximum absolute atomic E-state index is 13.9. The maximum atomic E-state index is 13.9. The first-order chi connectivity index (χ1) is 23.0. The summed E-state index contributed by atoms with van der Waals surface area (Å²) in [4.78, 5) is 58.4. The summed E-state index contributed by atoms with van der Waals surface area (Å²) in [6.07, 6.45) is 1.49. The Kier molecular flexibility index (Phi) is 7.80. The zero-order valence-electron chi connectivity index (χ0n) is 29.1. The first-order valence-electron chi connectivity index (χ1n) is 17.6. The smallest absolute Gasteiger partial charge is 0.261 e. The van der Waals surface area contributed by atoms with Crippen molar-refractivity contribution >= 4 is 66.7 Å². The molecule has 0 spiro atoms. The molecule has 248 valence electrons. The maximum Gasteiger partial charge on any atom is 0.261 e. The van der Waals surface area contributed by atoms with E-state index in [0.717, 1.165) is 93.4 Å². The van der Waals surface area contributed by atoms with Crippen molar-refractivity contribution < 1.29 is 28.1 Å². The third kappa shape index (κ3) is 4.64. The minimum absolute atomic E-state index is 0.247. The molecule has 0 aromatic heterocycles. The standard InChI is InChI=1S/C40H46N4O4/c1-7-43(5,8-2)23-11-21-41-37(45)29-17-13-25-27-15-19-31-36-32(40(48)42(39(31)47)22-12-24-44(6,9-3)10-4)20-16-28(34(27)36)26-14-18-30(38(41)46)35(29)33(25)26/h13-20H,7-12,21-24H2,1-6H3/q+2. The van der Waals surface area contributed by atoms with Crippen LogP contribution in [0.4, 0.5) is 0 Å². The second kappa shape index (κ2) is 11.6. The largest absolute Gasteiger partial charge is 0.326 e. The third-order valence-electron chi connectivity index (χ3n) is 12.0. The summed E-state index contributed by atoms with van der Waals surface area (Å²) >= 11 is 0. The Morgan fingerprint density at radius 2 is 0.708 bits per heavy atom. The average Bonchev–Trinajstić information content (AvgIpc) is 3.11. The molecule has 0 N–H and O–H groups in total. The van der Waals surface area contributed by atoms with Crippen molar-refractivity contribution in [2.24, 2.45) is 0 Å². The first kappa shape index (κ1) is 32.2. The van der Waals surface area contributed by atoms with Crippen LogP contribution in [0.2, 0.25) is 0 Å². The van der Waals surface area contributed by atoms with Gasteiger partial charge in [-0.3, -0.25) is 29.0 Å². The lowest BCUT2D eigenvalue weighted by molar-refractivity contribution is -0.906. The number of amides is 4. The van der Waals surface area contributed by atoms with E-state index in [4.69, 9.17) is 0 Å². The van der Waals surface area contributed by atoms with E-state index < -0.39 is 0 Å². The average molecular weight is 647 g/mol. The summed E-state index contributed by atoms with van der Waals surface area (Å²) < 4.78 is 1.80. The molecule has 48 heavy (non-hydrogen) atoms. The van der Waals surface area contributed by atoms with Gasteiger partial charge in [0.1, 0.15) is 0 Å². The van der Waals surface area contributed by atoms with Crippen LogP contribution >= 0.6 is 0 Å². The molecule has 0 aliphatic carbocycles. The van der Waals surface area contributed by atoms with E-state index in [-0.39, 0.29) is 23.6 Å². The van der Waals surface area contributed by atoms with Gasteiger partial charge in [0, 0.05) is 59.0 Å². The number of carbonyl (C=O) groups excluding carboxylic acids is 4. The molecule has 8 heteroatoms. The number of benzene rings is 5. The summed E-state index contributed by atoms with van der Waals surface area (Å²) in [5, 5.41) is 6.79. The molecule has 0 atom stereocenters. The molecule has 0 radical (unpaired) electrons. The fraction of sp³-hybridized carbons (Fsp3) is 0.400. The van der Waals surface area contributed by atoms with E-state index in [1.165, 1.54) is 9.80 Å². The van der Waals surface area contributed by atoms with Crippen LogP contribution in [0, 0.1) is 0 Å². The SMILES string of the molecule is CC[N+](C)(CC)CCCN1C(=O)c2ccc3c4ccc5c6c(ccc(c7ccc(c2c37)C1=O)c64)C(=O)N(CCC[N+](C)(CC)CC)C5=O. The minimum atomic E-state index is -0.247. The fourth-order valence-electron chi connectivity index (χ4n) is 8.07. The second-order valence-corrected chi connectivity index (χ2v) is 14.3. The summed E-state index contributed by atoms with van der Waals surface area (Å²) in [6.45, 7) is 15.3. The van der Waals surface area contributed by atoms with Crippen LogP contribution in [0.1, 0.15) is 82.0 Å². The molecule has 0 saturated heterocycles. The van der Waals surface area contributed by atoms with Crippen LogP contribution in [-0.2, 0) is 0 Å². The van der Waals surface area contributed by atoms with Crippen molar-refractivity contribution in [1.82, 2.24) is 9.80 Å². The van der Waals surface area contributed by atoms with Crippen molar-refractivity contribution in [2.45, 2.75) is 40.5 Å².